The van der Waals surface area contributed by atoms with Crippen LogP contribution < -0.4 is 5.73 Å². The summed E-state index contributed by atoms with van der Waals surface area (Å²) in [7, 11) is 1.35. The number of carbonyl (C=O) groups excluding carboxylic acids is 1. The van der Waals surface area contributed by atoms with Crippen LogP contribution in [-0.2, 0) is 16.8 Å². The molecule has 0 aliphatic carbocycles. The molecule has 1 amide bonds. The maximum absolute atomic E-state index is 11.5. The number of hydrogen-bond donors (Lipinski definition) is 1. The predicted octanol–water partition coefficient (Wildman–Crippen LogP) is 1.07. The molecule has 0 saturated carbocycles. The van der Waals surface area contributed by atoms with Gasteiger partial charge in [-0.25, -0.2) is 4.79 Å². The van der Waals surface area contributed by atoms with E-state index in [2.05, 4.69) is 5.16 Å². The number of anilines is 1. The lowest BCUT2D eigenvalue weighted by Crippen LogP contribution is -2.40. The van der Waals surface area contributed by atoms with E-state index in [-0.39, 0.29) is 5.88 Å². The largest absolute Gasteiger partial charge is 0.453 e. The molecule has 1 aliphatic heterocycles. The van der Waals surface area contributed by atoms with Gasteiger partial charge in [-0.1, -0.05) is 5.16 Å². The number of ether oxygens (including phenoxy) is 1. The normalized spacial score (nSPS) is 17.7. The molecule has 1 aromatic heterocycles. The summed E-state index contributed by atoms with van der Waals surface area (Å²) in [6.07, 6.45) is -0.391. The maximum Gasteiger partial charge on any atom is 0.410 e. The van der Waals surface area contributed by atoms with E-state index in [0.717, 1.165) is 5.56 Å². The fourth-order valence-electron chi connectivity index (χ4n) is 1.84. The van der Waals surface area contributed by atoms with Gasteiger partial charge in [0.2, 0.25) is 5.88 Å². The first-order valence-electron chi connectivity index (χ1n) is 4.58. The van der Waals surface area contributed by atoms with Gasteiger partial charge in [-0.15, -0.1) is 0 Å². The number of aromatic nitrogens is 1. The van der Waals surface area contributed by atoms with Crippen LogP contribution in [0.1, 0.15) is 25.1 Å². The molecule has 0 bridgehead atoms. The number of nitrogens with two attached hydrogens (primary N) is 1. The van der Waals surface area contributed by atoms with E-state index in [9.17, 15) is 4.79 Å². The Morgan fingerprint density at radius 1 is 1.67 bits per heavy atom. The van der Waals surface area contributed by atoms with Crippen molar-refractivity contribution in [1.29, 1.82) is 0 Å². The van der Waals surface area contributed by atoms with Gasteiger partial charge in [0, 0.05) is 0 Å². The second-order valence-corrected chi connectivity index (χ2v) is 3.99. The number of fused-ring (bicyclic) bond motifs is 1. The standard InChI is InChI=1S/C9H13N3O3/c1-9(2)6-5(7(10)15-11-6)4-12(9)8(13)14-3/h4,10H2,1-3H3. The summed E-state index contributed by atoms with van der Waals surface area (Å²) < 4.78 is 9.58. The van der Waals surface area contributed by atoms with Crippen LogP contribution in [0.3, 0.4) is 0 Å². The maximum atomic E-state index is 11.5. The molecule has 1 aromatic rings. The zero-order valence-electron chi connectivity index (χ0n) is 8.90. The number of rotatable bonds is 0. The number of carbonyl (C=O) groups is 1. The first-order valence-corrected chi connectivity index (χ1v) is 4.58. The zero-order valence-corrected chi connectivity index (χ0v) is 8.90. The summed E-state index contributed by atoms with van der Waals surface area (Å²) in [4.78, 5) is 13.1. The highest BCUT2D eigenvalue weighted by Gasteiger charge is 2.45. The van der Waals surface area contributed by atoms with Crippen molar-refractivity contribution < 1.29 is 14.1 Å². The van der Waals surface area contributed by atoms with Gasteiger partial charge in [0.15, 0.2) is 0 Å². The third-order valence-electron chi connectivity index (χ3n) is 2.78. The molecule has 0 saturated heterocycles. The van der Waals surface area contributed by atoms with Crippen LogP contribution in [-0.4, -0.2) is 23.3 Å². The highest BCUT2D eigenvalue weighted by Crippen LogP contribution is 2.40. The lowest BCUT2D eigenvalue weighted by molar-refractivity contribution is 0.0793. The molecule has 1 aliphatic rings. The number of nitrogen functional groups attached to an aromatic ring is 1. The first kappa shape index (κ1) is 9.82. The average molecular weight is 211 g/mol. The third kappa shape index (κ3) is 1.17. The molecule has 0 spiro atoms. The van der Waals surface area contributed by atoms with E-state index in [1.807, 2.05) is 13.8 Å². The molecular formula is C9H13N3O3. The van der Waals surface area contributed by atoms with Gasteiger partial charge in [-0.05, 0) is 13.8 Å². The molecule has 2 heterocycles. The van der Waals surface area contributed by atoms with Crippen LogP contribution in [0.2, 0.25) is 0 Å². The minimum atomic E-state index is -0.538. The van der Waals surface area contributed by atoms with E-state index < -0.39 is 11.6 Å². The average Bonchev–Trinajstić information content (AvgIpc) is 2.66. The molecule has 6 heteroatoms. The van der Waals surface area contributed by atoms with Crippen molar-refractivity contribution in [3.8, 4) is 0 Å². The Morgan fingerprint density at radius 3 is 2.87 bits per heavy atom. The number of amides is 1. The van der Waals surface area contributed by atoms with Crippen molar-refractivity contribution in [3.63, 3.8) is 0 Å². The van der Waals surface area contributed by atoms with Crippen molar-refractivity contribution in [2.45, 2.75) is 25.9 Å². The quantitative estimate of drug-likeness (QED) is 0.694. The van der Waals surface area contributed by atoms with Gasteiger partial charge in [0.05, 0.1) is 24.8 Å². The Labute approximate surface area is 87.0 Å². The minimum absolute atomic E-state index is 0.268. The first-order chi connectivity index (χ1) is 6.98. The van der Waals surface area contributed by atoms with E-state index in [1.165, 1.54) is 7.11 Å². The predicted molar refractivity (Wildman–Crippen MR) is 51.9 cm³/mol. The van der Waals surface area contributed by atoms with Crippen molar-refractivity contribution in [2.24, 2.45) is 0 Å². The SMILES string of the molecule is COC(=O)N1Cc2c(noc2N)C1(C)C. The minimum Gasteiger partial charge on any atom is -0.453 e. The van der Waals surface area contributed by atoms with E-state index in [1.54, 1.807) is 4.90 Å². The topological polar surface area (TPSA) is 81.6 Å². The molecule has 0 fully saturated rings. The summed E-state index contributed by atoms with van der Waals surface area (Å²) >= 11 is 0. The van der Waals surface area contributed by atoms with Crippen LogP contribution in [0.4, 0.5) is 10.7 Å². The fourth-order valence-corrected chi connectivity index (χ4v) is 1.84. The number of methoxy groups -OCH3 is 1. The van der Waals surface area contributed by atoms with Gasteiger partial charge in [-0.3, -0.25) is 4.90 Å². The lowest BCUT2D eigenvalue weighted by Gasteiger charge is -2.29. The summed E-state index contributed by atoms with van der Waals surface area (Å²) in [6, 6.07) is 0. The number of nitrogens with zero attached hydrogens (tertiary/aromatic N) is 2. The van der Waals surface area contributed by atoms with Crippen LogP contribution >= 0.6 is 0 Å². The van der Waals surface area contributed by atoms with Crippen molar-refractivity contribution in [3.05, 3.63) is 11.3 Å². The second kappa shape index (κ2) is 2.88. The Hall–Kier alpha value is -1.72. The summed E-state index contributed by atoms with van der Waals surface area (Å²) in [6.45, 7) is 4.12. The molecule has 15 heavy (non-hydrogen) atoms. The third-order valence-corrected chi connectivity index (χ3v) is 2.78. The monoisotopic (exact) mass is 211 g/mol. The van der Waals surface area contributed by atoms with E-state index in [0.29, 0.717) is 12.2 Å². The molecule has 2 rings (SSSR count). The van der Waals surface area contributed by atoms with Crippen molar-refractivity contribution >= 4 is 12.0 Å². The second-order valence-electron chi connectivity index (χ2n) is 3.99. The van der Waals surface area contributed by atoms with Crippen molar-refractivity contribution in [2.75, 3.05) is 12.8 Å². The van der Waals surface area contributed by atoms with E-state index in [4.69, 9.17) is 15.0 Å². The van der Waals surface area contributed by atoms with Gasteiger partial charge in [0.1, 0.15) is 5.69 Å². The van der Waals surface area contributed by atoms with Gasteiger partial charge < -0.3 is 15.0 Å². The van der Waals surface area contributed by atoms with Crippen molar-refractivity contribution in [1.82, 2.24) is 10.1 Å². The molecule has 0 aromatic carbocycles. The van der Waals surface area contributed by atoms with Gasteiger partial charge in [-0.2, -0.15) is 0 Å². The molecule has 2 N–H and O–H groups in total. The van der Waals surface area contributed by atoms with Gasteiger partial charge in [0.25, 0.3) is 0 Å². The van der Waals surface area contributed by atoms with Crippen LogP contribution in [0.15, 0.2) is 4.52 Å². The Bertz CT molecular complexity index is 411. The highest BCUT2D eigenvalue weighted by atomic mass is 16.5. The summed E-state index contributed by atoms with van der Waals surface area (Å²) in [5.74, 6) is 0.268. The highest BCUT2D eigenvalue weighted by molar-refractivity contribution is 5.71. The smallest absolute Gasteiger partial charge is 0.410 e. The summed E-state index contributed by atoms with van der Waals surface area (Å²) in [5.41, 5.74) is 6.54. The van der Waals surface area contributed by atoms with E-state index >= 15 is 0 Å². The fraction of sp³-hybridized carbons (Fsp3) is 0.556. The molecule has 0 radical (unpaired) electrons. The molecule has 0 unspecified atom stereocenters. The molecule has 82 valence electrons. The van der Waals surface area contributed by atoms with Gasteiger partial charge >= 0.3 is 6.09 Å². The Kier molecular flexibility index (Phi) is 1.89. The molecular weight excluding hydrogens is 198 g/mol. The Balaban J connectivity index is 2.42. The number of hydrogen-bond acceptors (Lipinski definition) is 5. The lowest BCUT2D eigenvalue weighted by atomic mass is 10.0. The van der Waals surface area contributed by atoms with Crippen LogP contribution in [0.5, 0.6) is 0 Å². The van der Waals surface area contributed by atoms with Crippen LogP contribution in [0, 0.1) is 0 Å². The van der Waals surface area contributed by atoms with Crippen LogP contribution in [0.25, 0.3) is 0 Å². The molecule has 0 atom stereocenters. The summed E-state index contributed by atoms with van der Waals surface area (Å²) in [5, 5.41) is 3.87. The molecule has 6 nitrogen and oxygen atoms in total. The zero-order chi connectivity index (χ0) is 11.2. The Morgan fingerprint density at radius 2 is 2.33 bits per heavy atom.